The van der Waals surface area contributed by atoms with E-state index in [4.69, 9.17) is 5.73 Å². The summed E-state index contributed by atoms with van der Waals surface area (Å²) in [6.07, 6.45) is 2.15. The number of aryl methyl sites for hydroxylation is 1. The number of nitrogens with zero attached hydrogens (tertiary/aromatic N) is 4. The molecule has 0 saturated heterocycles. The number of nitrogens with one attached hydrogen (secondary N) is 1. The summed E-state index contributed by atoms with van der Waals surface area (Å²) in [4.78, 5) is 26.0. The van der Waals surface area contributed by atoms with Crippen LogP contribution in [0.2, 0.25) is 0 Å². The first-order valence-corrected chi connectivity index (χ1v) is 9.83. The molecule has 3 rings (SSSR count). The van der Waals surface area contributed by atoms with E-state index in [0.717, 1.165) is 27.7 Å². The van der Waals surface area contributed by atoms with Gasteiger partial charge in [0.2, 0.25) is 0 Å². The predicted octanol–water partition coefficient (Wildman–Crippen LogP) is 3.70. The molecule has 2 aromatic heterocycles. The van der Waals surface area contributed by atoms with Crippen LogP contribution in [0.25, 0.3) is 10.8 Å². The van der Waals surface area contributed by atoms with Crippen molar-refractivity contribution in [2.45, 2.75) is 46.7 Å². The van der Waals surface area contributed by atoms with Crippen molar-refractivity contribution < 1.29 is 0 Å². The van der Waals surface area contributed by atoms with Gasteiger partial charge < -0.3 is 15.6 Å². The number of fused-ring (bicyclic) bond motifs is 1. The van der Waals surface area contributed by atoms with E-state index in [-0.39, 0.29) is 11.6 Å². The lowest BCUT2D eigenvalue weighted by molar-refractivity contribution is 0.558. The van der Waals surface area contributed by atoms with E-state index in [1.807, 2.05) is 50.5 Å². The van der Waals surface area contributed by atoms with Gasteiger partial charge in [-0.15, -0.1) is 0 Å². The van der Waals surface area contributed by atoms with Gasteiger partial charge in [-0.25, -0.2) is 9.97 Å². The Bertz CT molecular complexity index is 1130. The molecule has 0 amide bonds. The number of pyridine rings is 1. The van der Waals surface area contributed by atoms with E-state index in [2.05, 4.69) is 26.3 Å². The van der Waals surface area contributed by atoms with Gasteiger partial charge in [0.1, 0.15) is 18.0 Å². The smallest absolute Gasteiger partial charge is 0.259 e. The zero-order valence-corrected chi connectivity index (χ0v) is 17.7. The second-order valence-corrected chi connectivity index (χ2v) is 7.30. The minimum absolute atomic E-state index is 0.0270. The van der Waals surface area contributed by atoms with Crippen LogP contribution in [0.3, 0.4) is 0 Å². The number of nitrogens with two attached hydrogens (primary N) is 1. The van der Waals surface area contributed by atoms with Gasteiger partial charge >= 0.3 is 0 Å². The quantitative estimate of drug-likeness (QED) is 0.623. The van der Waals surface area contributed by atoms with Gasteiger partial charge in [-0.05, 0) is 44.2 Å². The molecule has 0 aliphatic carbocycles. The minimum atomic E-state index is 0.0270. The molecule has 0 aliphatic heterocycles. The molecule has 0 bridgehead atoms. The molecule has 2 heterocycles. The number of benzene rings is 1. The van der Waals surface area contributed by atoms with Crippen molar-refractivity contribution in [3.63, 3.8) is 0 Å². The molecule has 1 aromatic carbocycles. The molecule has 7 heteroatoms. The highest BCUT2D eigenvalue weighted by molar-refractivity contribution is 6.07. The molecule has 0 saturated carbocycles. The first-order chi connectivity index (χ1) is 13.9. The molecule has 3 N–H and O–H groups in total. The van der Waals surface area contributed by atoms with E-state index < -0.39 is 0 Å². The highest BCUT2D eigenvalue weighted by Gasteiger charge is 2.16. The van der Waals surface area contributed by atoms with Crippen LogP contribution in [0.5, 0.6) is 0 Å². The fourth-order valence-corrected chi connectivity index (χ4v) is 3.74. The summed E-state index contributed by atoms with van der Waals surface area (Å²) in [5.41, 5.74) is 9.56. The van der Waals surface area contributed by atoms with Crippen molar-refractivity contribution in [3.8, 4) is 0 Å². The SMILES string of the molecule is CCC(=NC)c1c(N)ncnc1NCc1cc2cccc(C)c2c(=O)n1C(C)C. The van der Waals surface area contributed by atoms with Gasteiger partial charge in [0.05, 0.1) is 17.5 Å². The van der Waals surface area contributed by atoms with Crippen LogP contribution < -0.4 is 16.6 Å². The van der Waals surface area contributed by atoms with Crippen LogP contribution in [0.4, 0.5) is 11.6 Å². The van der Waals surface area contributed by atoms with E-state index in [9.17, 15) is 4.79 Å². The minimum Gasteiger partial charge on any atom is -0.383 e. The summed E-state index contributed by atoms with van der Waals surface area (Å²) in [7, 11) is 1.73. The van der Waals surface area contributed by atoms with Gasteiger partial charge in [-0.2, -0.15) is 0 Å². The molecule has 29 heavy (non-hydrogen) atoms. The number of aliphatic imine (C=N–C) groups is 1. The van der Waals surface area contributed by atoms with Gasteiger partial charge in [0.25, 0.3) is 5.56 Å². The number of nitrogen functional groups attached to an aromatic ring is 1. The van der Waals surface area contributed by atoms with Gasteiger partial charge in [-0.1, -0.05) is 25.1 Å². The number of rotatable bonds is 6. The lowest BCUT2D eigenvalue weighted by atomic mass is 10.1. The fraction of sp³-hybridized carbons (Fsp3) is 0.364. The molecular weight excluding hydrogens is 364 g/mol. The molecule has 0 unspecified atom stereocenters. The zero-order chi connectivity index (χ0) is 21.1. The normalized spacial score (nSPS) is 12.0. The average molecular weight is 393 g/mol. The fourth-order valence-electron chi connectivity index (χ4n) is 3.74. The van der Waals surface area contributed by atoms with Crippen molar-refractivity contribution in [1.29, 1.82) is 0 Å². The van der Waals surface area contributed by atoms with Crippen molar-refractivity contribution in [3.05, 3.63) is 57.8 Å². The maximum atomic E-state index is 13.2. The maximum absolute atomic E-state index is 13.2. The van der Waals surface area contributed by atoms with Crippen LogP contribution >= 0.6 is 0 Å². The third-order valence-corrected chi connectivity index (χ3v) is 5.09. The van der Waals surface area contributed by atoms with Crippen molar-refractivity contribution in [1.82, 2.24) is 14.5 Å². The first kappa shape index (κ1) is 20.5. The Kier molecular flexibility index (Phi) is 5.96. The van der Waals surface area contributed by atoms with Gasteiger partial charge in [-0.3, -0.25) is 9.79 Å². The molecule has 0 spiro atoms. The Morgan fingerprint density at radius 1 is 1.31 bits per heavy atom. The van der Waals surface area contributed by atoms with Gasteiger partial charge in [0, 0.05) is 24.5 Å². The topological polar surface area (TPSA) is 98.2 Å². The molecule has 152 valence electrons. The maximum Gasteiger partial charge on any atom is 0.259 e. The highest BCUT2D eigenvalue weighted by Crippen LogP contribution is 2.22. The van der Waals surface area contributed by atoms with Crippen molar-refractivity contribution in [2.75, 3.05) is 18.1 Å². The van der Waals surface area contributed by atoms with Crippen LogP contribution in [0, 0.1) is 6.92 Å². The van der Waals surface area contributed by atoms with Crippen molar-refractivity contribution >= 4 is 28.1 Å². The average Bonchev–Trinajstić information content (AvgIpc) is 2.68. The molecule has 0 aliphatic rings. The third-order valence-electron chi connectivity index (χ3n) is 5.09. The summed E-state index contributed by atoms with van der Waals surface area (Å²) >= 11 is 0. The van der Waals surface area contributed by atoms with E-state index >= 15 is 0 Å². The Labute approximate surface area is 170 Å². The predicted molar refractivity (Wildman–Crippen MR) is 120 cm³/mol. The Balaban J connectivity index is 2.08. The standard InChI is InChI=1S/C22H28N6O/c1-6-17(24-5)19-20(23)26-12-27-21(19)25-11-16-10-15-9-7-8-14(4)18(15)22(29)28(16)13(2)3/h7-10,12-13H,6,11H2,1-5H3,(H3,23,25,26,27). The number of aromatic nitrogens is 3. The molecule has 0 radical (unpaired) electrons. The summed E-state index contributed by atoms with van der Waals surface area (Å²) in [6, 6.07) is 8.02. The first-order valence-electron chi connectivity index (χ1n) is 9.83. The number of hydrogen-bond acceptors (Lipinski definition) is 6. The highest BCUT2D eigenvalue weighted by atomic mass is 16.1. The van der Waals surface area contributed by atoms with E-state index in [1.54, 1.807) is 7.05 Å². The molecule has 0 fully saturated rings. The number of anilines is 2. The monoisotopic (exact) mass is 392 g/mol. The van der Waals surface area contributed by atoms with Crippen LogP contribution in [0.1, 0.15) is 50.1 Å². The largest absolute Gasteiger partial charge is 0.383 e. The van der Waals surface area contributed by atoms with E-state index in [1.165, 1.54) is 6.33 Å². The molecule has 7 nitrogen and oxygen atoms in total. The molecule has 3 aromatic rings. The van der Waals surface area contributed by atoms with Crippen molar-refractivity contribution in [2.24, 2.45) is 4.99 Å². The van der Waals surface area contributed by atoms with Crippen LogP contribution in [0.15, 0.2) is 40.4 Å². The summed E-state index contributed by atoms with van der Waals surface area (Å²) in [5, 5.41) is 5.06. The lowest BCUT2D eigenvalue weighted by Crippen LogP contribution is -2.27. The Hall–Kier alpha value is -3.22. The Morgan fingerprint density at radius 3 is 2.72 bits per heavy atom. The zero-order valence-electron chi connectivity index (χ0n) is 17.7. The number of hydrogen-bond donors (Lipinski definition) is 2. The summed E-state index contributed by atoms with van der Waals surface area (Å²) in [6.45, 7) is 8.45. The summed E-state index contributed by atoms with van der Waals surface area (Å²) in [5.74, 6) is 1.01. The lowest BCUT2D eigenvalue weighted by Gasteiger charge is -2.20. The van der Waals surface area contributed by atoms with E-state index in [0.29, 0.717) is 30.2 Å². The Morgan fingerprint density at radius 2 is 2.07 bits per heavy atom. The molecule has 0 atom stereocenters. The van der Waals surface area contributed by atoms with Gasteiger partial charge in [0.15, 0.2) is 0 Å². The summed E-state index contributed by atoms with van der Waals surface area (Å²) < 4.78 is 1.83. The molecular formula is C22H28N6O. The second kappa shape index (κ2) is 8.43. The van der Waals surface area contributed by atoms with Crippen LogP contribution in [-0.4, -0.2) is 27.3 Å². The van der Waals surface area contributed by atoms with Crippen LogP contribution in [-0.2, 0) is 6.54 Å². The third kappa shape index (κ3) is 3.85. The second-order valence-electron chi connectivity index (χ2n) is 7.30.